The lowest BCUT2D eigenvalue weighted by Gasteiger charge is -2.43. The van der Waals surface area contributed by atoms with Gasteiger partial charge in [-0.25, -0.2) is 0 Å². The van der Waals surface area contributed by atoms with Crippen LogP contribution in [0, 0.1) is 5.92 Å². The van der Waals surface area contributed by atoms with Crippen molar-refractivity contribution >= 4 is 37.4 Å². The van der Waals surface area contributed by atoms with Gasteiger partial charge in [-0.3, -0.25) is 0 Å². The molecule has 0 aliphatic carbocycles. The number of hydrogen-bond donors (Lipinski definition) is 0. The maximum absolute atomic E-state index is 7.28. The molecule has 1 aliphatic heterocycles. The highest BCUT2D eigenvalue weighted by Gasteiger charge is 2.51. The molecular weight excluding hydrogens is 621 g/mol. The summed E-state index contributed by atoms with van der Waals surface area (Å²) in [5.74, 6) is 0.238. The summed E-state index contributed by atoms with van der Waals surface area (Å²) in [5, 5.41) is 5.18. The van der Waals surface area contributed by atoms with Crippen LogP contribution in [-0.2, 0) is 13.6 Å². The summed E-state index contributed by atoms with van der Waals surface area (Å²) in [6, 6.07) is 43.6. The van der Waals surface area contributed by atoms with E-state index in [1.165, 1.54) is 26.3 Å². The van der Waals surface area contributed by atoms with Crippen molar-refractivity contribution in [3.8, 4) is 0 Å². The fourth-order valence-electron chi connectivity index (χ4n) is 7.73. The lowest BCUT2D eigenvalue weighted by Crippen LogP contribution is -2.67. The summed E-state index contributed by atoms with van der Waals surface area (Å²) >= 11 is 0. The molecule has 48 heavy (non-hydrogen) atoms. The highest BCUT2D eigenvalue weighted by Crippen LogP contribution is 2.39. The number of benzene rings is 4. The molecule has 0 saturated carbocycles. The maximum atomic E-state index is 7.28. The van der Waals surface area contributed by atoms with E-state index in [2.05, 4.69) is 176 Å². The molecule has 0 N–H and O–H groups in total. The van der Waals surface area contributed by atoms with Gasteiger partial charge in [0.1, 0.15) is 0 Å². The van der Waals surface area contributed by atoms with Gasteiger partial charge >= 0.3 is 0 Å². The molecule has 1 saturated heterocycles. The van der Waals surface area contributed by atoms with Crippen molar-refractivity contribution in [2.75, 3.05) is 13.2 Å². The van der Waals surface area contributed by atoms with E-state index < -0.39 is 16.6 Å². The van der Waals surface area contributed by atoms with Gasteiger partial charge in [0.15, 0.2) is 0 Å². The predicted octanol–water partition coefficient (Wildman–Crippen LogP) is 8.27. The Morgan fingerprint density at radius 3 is 1.40 bits per heavy atom. The topological polar surface area (TPSA) is 27.7 Å². The Hall–Kier alpha value is -3.07. The molecule has 1 aliphatic rings. The van der Waals surface area contributed by atoms with Crippen LogP contribution in [-0.4, -0.2) is 42.1 Å². The Labute approximate surface area is 292 Å². The summed E-state index contributed by atoms with van der Waals surface area (Å²) in [6.45, 7) is 22.1. The summed E-state index contributed by atoms with van der Waals surface area (Å²) in [4.78, 5) is 0. The third-order valence-electron chi connectivity index (χ3n) is 10.2. The zero-order chi connectivity index (χ0) is 34.4. The monoisotopic (exact) mass is 676 g/mol. The van der Waals surface area contributed by atoms with Crippen LogP contribution in [0.2, 0.25) is 10.1 Å². The lowest BCUT2D eigenvalue weighted by molar-refractivity contribution is 0.00154. The Bertz CT molecular complexity index is 1500. The van der Waals surface area contributed by atoms with Gasteiger partial charge in [0, 0.05) is 19.1 Å². The standard InChI is InChI=1S/C43H56O3Si2/c1-34-32-41(35(2)33-45-48(43(6,7)8,38-26-17-11-18-27-38)39-28-19-12-20-29-39)46-40(34)30-21-31-44-47(42(3,4)5,36-22-13-9-14-23-36)37-24-15-10-16-25-37/h9-20,22-29,35,40-41H,1,21,30-33H2,2-8H3/t35-,40+,41+/m0/s1. The highest BCUT2D eigenvalue weighted by atomic mass is 28.4. The van der Waals surface area contributed by atoms with Crippen LogP contribution in [0.15, 0.2) is 133 Å². The smallest absolute Gasteiger partial charge is 0.261 e. The van der Waals surface area contributed by atoms with Gasteiger partial charge in [0.05, 0.1) is 12.2 Å². The molecule has 5 heteroatoms. The van der Waals surface area contributed by atoms with Crippen LogP contribution in [0.1, 0.15) is 67.7 Å². The molecule has 0 amide bonds. The average Bonchev–Trinajstić information content (AvgIpc) is 3.45. The molecule has 0 unspecified atom stereocenters. The van der Waals surface area contributed by atoms with E-state index in [-0.39, 0.29) is 28.2 Å². The molecule has 4 aromatic carbocycles. The highest BCUT2D eigenvalue weighted by molar-refractivity contribution is 7.00. The first-order valence-electron chi connectivity index (χ1n) is 17.7. The molecule has 0 aromatic heterocycles. The van der Waals surface area contributed by atoms with E-state index in [9.17, 15) is 0 Å². The van der Waals surface area contributed by atoms with E-state index in [4.69, 9.17) is 13.6 Å². The van der Waals surface area contributed by atoms with E-state index in [0.717, 1.165) is 19.3 Å². The second-order valence-corrected chi connectivity index (χ2v) is 24.2. The molecule has 0 bridgehead atoms. The van der Waals surface area contributed by atoms with Gasteiger partial charge in [0.25, 0.3) is 16.6 Å². The van der Waals surface area contributed by atoms with Gasteiger partial charge in [0.2, 0.25) is 0 Å². The maximum Gasteiger partial charge on any atom is 0.261 e. The third kappa shape index (κ3) is 7.41. The number of ether oxygens (including phenoxy) is 1. The second-order valence-electron chi connectivity index (χ2n) is 15.6. The third-order valence-corrected chi connectivity index (χ3v) is 20.3. The lowest BCUT2D eigenvalue weighted by atomic mass is 9.99. The van der Waals surface area contributed by atoms with E-state index in [0.29, 0.717) is 13.2 Å². The van der Waals surface area contributed by atoms with E-state index >= 15 is 0 Å². The van der Waals surface area contributed by atoms with Crippen molar-refractivity contribution < 1.29 is 13.6 Å². The Kier molecular flexibility index (Phi) is 11.5. The first-order valence-corrected chi connectivity index (χ1v) is 21.5. The van der Waals surface area contributed by atoms with Crippen LogP contribution in [0.5, 0.6) is 0 Å². The Morgan fingerprint density at radius 1 is 0.646 bits per heavy atom. The second kappa shape index (κ2) is 15.2. The van der Waals surface area contributed by atoms with E-state index in [1.54, 1.807) is 0 Å². The van der Waals surface area contributed by atoms with Crippen LogP contribution >= 0.6 is 0 Å². The molecule has 3 nitrogen and oxygen atoms in total. The fraction of sp³-hybridized carbons (Fsp3) is 0.395. The van der Waals surface area contributed by atoms with Gasteiger partial charge in [-0.2, -0.15) is 0 Å². The summed E-state index contributed by atoms with van der Waals surface area (Å²) in [7, 11) is -5.15. The van der Waals surface area contributed by atoms with Gasteiger partial charge in [-0.05, 0) is 55.7 Å². The van der Waals surface area contributed by atoms with Crippen LogP contribution in [0.3, 0.4) is 0 Å². The van der Waals surface area contributed by atoms with Crippen LogP contribution in [0.25, 0.3) is 0 Å². The largest absolute Gasteiger partial charge is 0.407 e. The van der Waals surface area contributed by atoms with Crippen molar-refractivity contribution in [1.82, 2.24) is 0 Å². The SMILES string of the molecule is C=C1C[C@H]([C@@H](C)CO[Si](c2ccccc2)(c2ccccc2)C(C)(C)C)O[C@@H]1CCCO[Si](c1ccccc1)(c1ccccc1)C(C)(C)C. The first kappa shape index (κ1) is 36.2. The van der Waals surface area contributed by atoms with Crippen LogP contribution < -0.4 is 20.7 Å². The summed E-state index contributed by atoms with van der Waals surface area (Å²) in [5.41, 5.74) is 1.20. The van der Waals surface area contributed by atoms with Crippen LogP contribution in [0.4, 0.5) is 0 Å². The van der Waals surface area contributed by atoms with Crippen molar-refractivity contribution in [2.24, 2.45) is 5.92 Å². The zero-order valence-electron chi connectivity index (χ0n) is 30.2. The minimum Gasteiger partial charge on any atom is -0.407 e. The average molecular weight is 677 g/mol. The minimum atomic E-state index is -2.60. The molecule has 1 fully saturated rings. The number of rotatable bonds is 13. The molecular formula is C43H56O3Si2. The molecule has 0 spiro atoms. The van der Waals surface area contributed by atoms with E-state index in [1.807, 2.05) is 0 Å². The molecule has 0 radical (unpaired) electrons. The van der Waals surface area contributed by atoms with Crippen molar-refractivity contribution in [2.45, 2.75) is 90.0 Å². The Morgan fingerprint density at radius 2 is 1.02 bits per heavy atom. The molecule has 254 valence electrons. The Balaban J connectivity index is 1.26. The molecule has 1 heterocycles. The quantitative estimate of drug-likeness (QED) is 0.0811. The summed E-state index contributed by atoms with van der Waals surface area (Å²) < 4.78 is 21.2. The predicted molar refractivity (Wildman–Crippen MR) is 208 cm³/mol. The van der Waals surface area contributed by atoms with Crippen molar-refractivity contribution in [3.63, 3.8) is 0 Å². The molecule has 3 atom stereocenters. The summed E-state index contributed by atoms with van der Waals surface area (Å²) in [6.07, 6.45) is 2.86. The fourth-order valence-corrected chi connectivity index (χ4v) is 17.0. The van der Waals surface area contributed by atoms with Crippen molar-refractivity contribution in [1.29, 1.82) is 0 Å². The number of hydrogen-bond acceptors (Lipinski definition) is 3. The molecule has 4 aromatic rings. The van der Waals surface area contributed by atoms with Crippen molar-refractivity contribution in [3.05, 3.63) is 133 Å². The van der Waals surface area contributed by atoms with Gasteiger partial charge in [-0.1, -0.05) is 176 Å². The molecule has 5 rings (SSSR count). The van der Waals surface area contributed by atoms with Gasteiger partial charge in [-0.15, -0.1) is 0 Å². The normalized spacial score (nSPS) is 18.2. The first-order chi connectivity index (χ1) is 22.9. The zero-order valence-corrected chi connectivity index (χ0v) is 32.2. The van der Waals surface area contributed by atoms with Gasteiger partial charge < -0.3 is 13.6 Å². The minimum absolute atomic E-state index is 0.0330.